The Bertz CT molecular complexity index is 295. The van der Waals surface area contributed by atoms with Gasteiger partial charge in [-0.2, -0.15) is 0 Å². The third-order valence-electron chi connectivity index (χ3n) is 2.47. The Morgan fingerprint density at radius 3 is 2.32 bits per heavy atom. The summed E-state index contributed by atoms with van der Waals surface area (Å²) in [4.78, 5) is 23.9. The maximum Gasteiger partial charge on any atom is 0.221 e. The molecule has 0 saturated carbocycles. The average Bonchev–Trinajstić information content (AvgIpc) is 2.43. The lowest BCUT2D eigenvalue weighted by atomic mass is 10.3. The molecule has 4 N–H and O–H groups in total. The first kappa shape index (κ1) is 17.2. The molecule has 0 atom stereocenters. The largest absolute Gasteiger partial charge is 0.395 e. The van der Waals surface area contributed by atoms with E-state index < -0.39 is 0 Å². The molecule has 0 fully saturated rings. The zero-order chi connectivity index (χ0) is 14.5. The molecule has 0 saturated heterocycles. The highest BCUT2D eigenvalue weighted by molar-refractivity contribution is 5.76. The zero-order valence-electron chi connectivity index (χ0n) is 11.6. The molecule has 7 heteroatoms. The normalized spacial score (nSPS) is 10.3. The molecule has 0 radical (unpaired) electrons. The van der Waals surface area contributed by atoms with Gasteiger partial charge in [-0.25, -0.2) is 0 Å². The van der Waals surface area contributed by atoms with Gasteiger partial charge in [-0.05, 0) is 0 Å². The van der Waals surface area contributed by atoms with E-state index in [2.05, 4.69) is 16.0 Å². The van der Waals surface area contributed by atoms with Gasteiger partial charge in [0, 0.05) is 59.0 Å². The van der Waals surface area contributed by atoms with Gasteiger partial charge < -0.3 is 26.0 Å². The van der Waals surface area contributed by atoms with Gasteiger partial charge in [0.05, 0.1) is 6.61 Å². The standard InChI is InChI=1S/C12H24N4O3/c1-13-11(18)3-5-15-6-8-16(9-10-17)7-4-12(19)14-2/h6,8,15,17H,3-5,7,9-10H2,1-2H3,(H,13,18)(H,14,19)/b8-6+. The minimum absolute atomic E-state index is 0.0206. The summed E-state index contributed by atoms with van der Waals surface area (Å²) < 4.78 is 0. The third-order valence-corrected chi connectivity index (χ3v) is 2.47. The highest BCUT2D eigenvalue weighted by atomic mass is 16.3. The molecule has 0 aliphatic carbocycles. The molecular weight excluding hydrogens is 248 g/mol. The second kappa shape index (κ2) is 11.3. The molecule has 0 aromatic heterocycles. The zero-order valence-corrected chi connectivity index (χ0v) is 11.6. The van der Waals surface area contributed by atoms with E-state index in [1.54, 1.807) is 26.5 Å². The summed E-state index contributed by atoms with van der Waals surface area (Å²) >= 11 is 0. The second-order valence-corrected chi connectivity index (χ2v) is 3.88. The van der Waals surface area contributed by atoms with E-state index in [-0.39, 0.29) is 18.4 Å². The van der Waals surface area contributed by atoms with Crippen LogP contribution in [0.2, 0.25) is 0 Å². The molecule has 0 aliphatic heterocycles. The molecule has 0 aliphatic rings. The molecule has 0 unspecified atom stereocenters. The molecule has 0 spiro atoms. The van der Waals surface area contributed by atoms with Gasteiger partial charge in [-0.15, -0.1) is 0 Å². The number of nitrogens with zero attached hydrogens (tertiary/aromatic N) is 1. The molecule has 0 rings (SSSR count). The van der Waals surface area contributed by atoms with Crippen molar-refractivity contribution in [1.29, 1.82) is 0 Å². The third kappa shape index (κ3) is 9.90. The fourth-order valence-corrected chi connectivity index (χ4v) is 1.31. The van der Waals surface area contributed by atoms with Crippen LogP contribution in [-0.4, -0.2) is 62.2 Å². The monoisotopic (exact) mass is 272 g/mol. The molecule has 0 aromatic rings. The summed E-state index contributed by atoms with van der Waals surface area (Å²) in [5.41, 5.74) is 0. The van der Waals surface area contributed by atoms with E-state index >= 15 is 0 Å². The van der Waals surface area contributed by atoms with Crippen molar-refractivity contribution in [3.63, 3.8) is 0 Å². The lowest BCUT2D eigenvalue weighted by molar-refractivity contribution is -0.121. The summed E-state index contributed by atoms with van der Waals surface area (Å²) in [6.07, 6.45) is 4.25. The predicted molar refractivity (Wildman–Crippen MR) is 73.2 cm³/mol. The van der Waals surface area contributed by atoms with Crippen molar-refractivity contribution in [1.82, 2.24) is 20.9 Å². The van der Waals surface area contributed by atoms with Crippen molar-refractivity contribution in [2.24, 2.45) is 0 Å². The number of hydrogen-bond acceptors (Lipinski definition) is 5. The van der Waals surface area contributed by atoms with E-state index in [9.17, 15) is 9.59 Å². The predicted octanol–water partition coefficient (Wildman–Crippen LogP) is -1.39. The molecular formula is C12H24N4O3. The minimum Gasteiger partial charge on any atom is -0.395 e. The van der Waals surface area contributed by atoms with Gasteiger partial charge in [-0.3, -0.25) is 9.59 Å². The highest BCUT2D eigenvalue weighted by Gasteiger charge is 2.02. The van der Waals surface area contributed by atoms with E-state index in [0.29, 0.717) is 32.5 Å². The summed E-state index contributed by atoms with van der Waals surface area (Å²) in [6, 6.07) is 0. The average molecular weight is 272 g/mol. The molecule has 19 heavy (non-hydrogen) atoms. The summed E-state index contributed by atoms with van der Waals surface area (Å²) in [5.74, 6) is -0.0587. The number of carbonyl (C=O) groups excluding carboxylic acids is 2. The Morgan fingerprint density at radius 1 is 1.11 bits per heavy atom. The maximum absolute atomic E-state index is 11.1. The second-order valence-electron chi connectivity index (χ2n) is 3.88. The van der Waals surface area contributed by atoms with E-state index in [1.165, 1.54) is 0 Å². The van der Waals surface area contributed by atoms with Crippen LogP contribution >= 0.6 is 0 Å². The van der Waals surface area contributed by atoms with Crippen LogP contribution < -0.4 is 16.0 Å². The smallest absolute Gasteiger partial charge is 0.221 e. The number of aliphatic hydroxyl groups excluding tert-OH is 1. The molecule has 2 amide bonds. The Hall–Kier alpha value is -1.76. The number of nitrogens with one attached hydrogen (secondary N) is 3. The quantitative estimate of drug-likeness (QED) is 0.368. The highest BCUT2D eigenvalue weighted by Crippen LogP contribution is 1.92. The van der Waals surface area contributed by atoms with Crippen LogP contribution in [0.5, 0.6) is 0 Å². The summed E-state index contributed by atoms with van der Waals surface area (Å²) in [5, 5.41) is 17.0. The molecule has 110 valence electrons. The first-order valence-corrected chi connectivity index (χ1v) is 6.30. The van der Waals surface area contributed by atoms with Crippen molar-refractivity contribution < 1.29 is 14.7 Å². The van der Waals surface area contributed by atoms with Crippen LogP contribution in [0, 0.1) is 0 Å². The van der Waals surface area contributed by atoms with Crippen LogP contribution in [0.3, 0.4) is 0 Å². The van der Waals surface area contributed by atoms with Gasteiger partial charge in [0.1, 0.15) is 0 Å². The van der Waals surface area contributed by atoms with Crippen LogP contribution in [-0.2, 0) is 9.59 Å². The number of amides is 2. The Kier molecular flexibility index (Phi) is 10.3. The first-order valence-electron chi connectivity index (χ1n) is 6.30. The van der Waals surface area contributed by atoms with Crippen molar-refractivity contribution in [2.45, 2.75) is 12.8 Å². The number of rotatable bonds is 10. The topological polar surface area (TPSA) is 93.7 Å². The van der Waals surface area contributed by atoms with Gasteiger partial charge in [0.15, 0.2) is 0 Å². The summed E-state index contributed by atoms with van der Waals surface area (Å²) in [7, 11) is 3.19. The van der Waals surface area contributed by atoms with Crippen LogP contribution in [0.4, 0.5) is 0 Å². The number of carbonyl (C=O) groups is 2. The van der Waals surface area contributed by atoms with E-state index in [1.807, 2.05) is 4.90 Å². The first-order chi connectivity index (χ1) is 9.13. The van der Waals surface area contributed by atoms with Crippen molar-refractivity contribution in [2.75, 3.05) is 40.3 Å². The van der Waals surface area contributed by atoms with Gasteiger partial charge in [0.25, 0.3) is 0 Å². The summed E-state index contributed by atoms with van der Waals surface area (Å²) in [6.45, 7) is 1.56. The van der Waals surface area contributed by atoms with Crippen molar-refractivity contribution in [3.05, 3.63) is 12.4 Å². The molecule has 0 aromatic carbocycles. The van der Waals surface area contributed by atoms with Crippen LogP contribution in [0.1, 0.15) is 12.8 Å². The lowest BCUT2D eigenvalue weighted by Gasteiger charge is -2.18. The van der Waals surface area contributed by atoms with Crippen LogP contribution in [0.15, 0.2) is 12.4 Å². The number of hydrogen-bond donors (Lipinski definition) is 4. The fourth-order valence-electron chi connectivity index (χ4n) is 1.31. The maximum atomic E-state index is 11.1. The fraction of sp³-hybridized carbons (Fsp3) is 0.667. The molecule has 0 bridgehead atoms. The minimum atomic E-state index is -0.0380. The lowest BCUT2D eigenvalue weighted by Crippen LogP contribution is -2.28. The molecule has 7 nitrogen and oxygen atoms in total. The van der Waals surface area contributed by atoms with Crippen LogP contribution in [0.25, 0.3) is 0 Å². The Labute approximate surface area is 114 Å². The Balaban J connectivity index is 3.90. The van der Waals surface area contributed by atoms with Gasteiger partial charge in [0.2, 0.25) is 11.8 Å². The number of aliphatic hydroxyl groups is 1. The Morgan fingerprint density at radius 2 is 1.74 bits per heavy atom. The van der Waals surface area contributed by atoms with E-state index in [4.69, 9.17) is 5.11 Å². The van der Waals surface area contributed by atoms with Gasteiger partial charge in [-0.1, -0.05) is 0 Å². The van der Waals surface area contributed by atoms with Crippen molar-refractivity contribution >= 4 is 11.8 Å². The van der Waals surface area contributed by atoms with E-state index in [0.717, 1.165) is 0 Å². The molecule has 0 heterocycles. The van der Waals surface area contributed by atoms with Gasteiger partial charge >= 0.3 is 0 Å². The SMILES string of the molecule is CNC(=O)CCN/C=C/N(CCO)CCC(=O)NC. The van der Waals surface area contributed by atoms with Crippen molar-refractivity contribution in [3.8, 4) is 0 Å².